The van der Waals surface area contributed by atoms with Gasteiger partial charge >= 0.3 is 5.97 Å². The number of hydrogen-bond acceptors (Lipinski definition) is 6. The second-order valence-corrected chi connectivity index (χ2v) is 5.34. The molecule has 2 aromatic rings. The lowest BCUT2D eigenvalue weighted by molar-refractivity contribution is -0.384. The van der Waals surface area contributed by atoms with Crippen LogP contribution in [0.2, 0.25) is 0 Å². The van der Waals surface area contributed by atoms with Gasteiger partial charge in [0.2, 0.25) is 5.90 Å². The Morgan fingerprint density at radius 2 is 2.00 bits per heavy atom. The van der Waals surface area contributed by atoms with Crippen molar-refractivity contribution in [2.75, 3.05) is 7.11 Å². The SMILES string of the molecule is COc1c(C)cccc1C1=N/C(=C\c2cccc([N+](=O)[O-])c2)C(=O)O1. The summed E-state index contributed by atoms with van der Waals surface area (Å²) in [6.45, 7) is 1.87. The third-order valence-corrected chi connectivity index (χ3v) is 3.65. The maximum Gasteiger partial charge on any atom is 0.363 e. The van der Waals surface area contributed by atoms with Gasteiger partial charge in [0.1, 0.15) is 5.75 Å². The molecule has 0 saturated carbocycles. The molecule has 126 valence electrons. The van der Waals surface area contributed by atoms with Crippen molar-refractivity contribution in [3.63, 3.8) is 0 Å². The third-order valence-electron chi connectivity index (χ3n) is 3.65. The minimum atomic E-state index is -0.620. The smallest absolute Gasteiger partial charge is 0.363 e. The van der Waals surface area contributed by atoms with Gasteiger partial charge in [0, 0.05) is 12.1 Å². The molecule has 0 aromatic heterocycles. The predicted molar refractivity (Wildman–Crippen MR) is 91.4 cm³/mol. The van der Waals surface area contributed by atoms with E-state index in [1.54, 1.807) is 18.2 Å². The number of non-ortho nitro benzene ring substituents is 1. The minimum Gasteiger partial charge on any atom is -0.496 e. The molecule has 2 aromatic carbocycles. The summed E-state index contributed by atoms with van der Waals surface area (Å²) < 4.78 is 10.6. The summed E-state index contributed by atoms with van der Waals surface area (Å²) in [7, 11) is 1.53. The van der Waals surface area contributed by atoms with Gasteiger partial charge in [0.05, 0.1) is 17.6 Å². The lowest BCUT2D eigenvalue weighted by Crippen LogP contribution is -2.07. The zero-order valence-electron chi connectivity index (χ0n) is 13.6. The number of nitrogens with zero attached hydrogens (tertiary/aromatic N) is 2. The molecule has 0 saturated heterocycles. The minimum absolute atomic E-state index is 0.0646. The van der Waals surface area contributed by atoms with Crippen molar-refractivity contribution >= 4 is 23.6 Å². The molecule has 1 aliphatic rings. The summed E-state index contributed by atoms with van der Waals surface area (Å²) in [4.78, 5) is 26.6. The first-order valence-electron chi connectivity index (χ1n) is 7.40. The van der Waals surface area contributed by atoms with Gasteiger partial charge in [-0.2, -0.15) is 0 Å². The second-order valence-electron chi connectivity index (χ2n) is 5.34. The Hall–Kier alpha value is -3.48. The number of rotatable bonds is 4. The Bertz CT molecular complexity index is 931. The van der Waals surface area contributed by atoms with E-state index in [1.807, 2.05) is 19.1 Å². The van der Waals surface area contributed by atoms with Crippen LogP contribution in [-0.2, 0) is 9.53 Å². The number of methoxy groups -OCH3 is 1. The number of nitro benzene ring substituents is 1. The van der Waals surface area contributed by atoms with Crippen molar-refractivity contribution in [3.05, 3.63) is 75.0 Å². The monoisotopic (exact) mass is 338 g/mol. The van der Waals surface area contributed by atoms with Crippen molar-refractivity contribution < 1.29 is 19.2 Å². The Morgan fingerprint density at radius 1 is 1.24 bits per heavy atom. The number of carbonyl (C=O) groups is 1. The topological polar surface area (TPSA) is 91.0 Å². The highest BCUT2D eigenvalue weighted by molar-refractivity contribution is 6.13. The van der Waals surface area contributed by atoms with Crippen LogP contribution in [0.4, 0.5) is 5.69 Å². The van der Waals surface area contributed by atoms with E-state index in [2.05, 4.69) is 4.99 Å². The molecule has 0 unspecified atom stereocenters. The van der Waals surface area contributed by atoms with E-state index in [0.717, 1.165) is 5.56 Å². The van der Waals surface area contributed by atoms with Crippen LogP contribution in [0.3, 0.4) is 0 Å². The van der Waals surface area contributed by atoms with Crippen LogP contribution in [0.15, 0.2) is 53.2 Å². The molecule has 0 fully saturated rings. The zero-order chi connectivity index (χ0) is 18.0. The Labute approximate surface area is 143 Å². The molecule has 0 radical (unpaired) electrons. The van der Waals surface area contributed by atoms with Gasteiger partial charge in [0.15, 0.2) is 5.70 Å². The average Bonchev–Trinajstić information content (AvgIpc) is 2.95. The summed E-state index contributed by atoms with van der Waals surface area (Å²) in [5.41, 5.74) is 1.94. The predicted octanol–water partition coefficient (Wildman–Crippen LogP) is 3.26. The highest BCUT2D eigenvalue weighted by Crippen LogP contribution is 2.28. The fourth-order valence-electron chi connectivity index (χ4n) is 2.50. The summed E-state index contributed by atoms with van der Waals surface area (Å²) in [6, 6.07) is 11.4. The number of esters is 1. The van der Waals surface area contributed by atoms with Crippen molar-refractivity contribution in [2.24, 2.45) is 4.99 Å². The fraction of sp³-hybridized carbons (Fsp3) is 0.111. The molecular formula is C18H14N2O5. The first-order chi connectivity index (χ1) is 12.0. The van der Waals surface area contributed by atoms with Gasteiger partial charge in [-0.3, -0.25) is 10.1 Å². The van der Waals surface area contributed by atoms with E-state index in [4.69, 9.17) is 9.47 Å². The van der Waals surface area contributed by atoms with Crippen LogP contribution >= 0.6 is 0 Å². The Morgan fingerprint density at radius 3 is 2.72 bits per heavy atom. The first-order valence-corrected chi connectivity index (χ1v) is 7.40. The second kappa shape index (κ2) is 6.56. The Balaban J connectivity index is 2.00. The zero-order valence-corrected chi connectivity index (χ0v) is 13.6. The van der Waals surface area contributed by atoms with Crippen LogP contribution in [-0.4, -0.2) is 23.9 Å². The van der Waals surface area contributed by atoms with Crippen molar-refractivity contribution in [1.29, 1.82) is 0 Å². The highest BCUT2D eigenvalue weighted by Gasteiger charge is 2.26. The fourth-order valence-corrected chi connectivity index (χ4v) is 2.50. The number of aliphatic imine (C=N–C) groups is 1. The summed E-state index contributed by atoms with van der Waals surface area (Å²) in [6.07, 6.45) is 1.45. The number of ether oxygens (including phenoxy) is 2. The molecule has 7 nitrogen and oxygen atoms in total. The van der Waals surface area contributed by atoms with E-state index >= 15 is 0 Å². The maximum absolute atomic E-state index is 12.1. The quantitative estimate of drug-likeness (QED) is 0.369. The van der Waals surface area contributed by atoms with Gasteiger partial charge in [-0.05, 0) is 30.2 Å². The molecule has 0 aliphatic carbocycles. The van der Waals surface area contributed by atoms with Crippen molar-refractivity contribution in [3.8, 4) is 5.75 Å². The third kappa shape index (κ3) is 3.25. The van der Waals surface area contributed by atoms with Crippen LogP contribution in [0.25, 0.3) is 6.08 Å². The number of hydrogen-bond donors (Lipinski definition) is 0. The molecule has 0 N–H and O–H groups in total. The molecular weight excluding hydrogens is 324 g/mol. The molecule has 3 rings (SSSR count). The van der Waals surface area contributed by atoms with Crippen molar-refractivity contribution in [1.82, 2.24) is 0 Å². The number of aryl methyl sites for hydroxylation is 1. The van der Waals surface area contributed by atoms with Crippen LogP contribution in [0, 0.1) is 17.0 Å². The van der Waals surface area contributed by atoms with Crippen LogP contribution < -0.4 is 4.74 Å². The lowest BCUT2D eigenvalue weighted by atomic mass is 10.1. The highest BCUT2D eigenvalue weighted by atomic mass is 16.6. The van der Waals surface area contributed by atoms with Crippen LogP contribution in [0.5, 0.6) is 5.75 Å². The summed E-state index contributed by atoms with van der Waals surface area (Å²) >= 11 is 0. The largest absolute Gasteiger partial charge is 0.496 e. The number of benzene rings is 2. The van der Waals surface area contributed by atoms with Gasteiger partial charge in [-0.15, -0.1) is 0 Å². The van der Waals surface area contributed by atoms with E-state index in [-0.39, 0.29) is 17.3 Å². The number of nitro groups is 1. The van der Waals surface area contributed by atoms with Gasteiger partial charge in [-0.25, -0.2) is 9.79 Å². The van der Waals surface area contributed by atoms with E-state index in [9.17, 15) is 14.9 Å². The lowest BCUT2D eigenvalue weighted by Gasteiger charge is -2.09. The molecule has 0 amide bonds. The number of para-hydroxylation sites is 1. The van der Waals surface area contributed by atoms with Crippen molar-refractivity contribution in [2.45, 2.75) is 6.92 Å². The summed E-state index contributed by atoms with van der Waals surface area (Å²) in [5.74, 6) is 0.0953. The van der Waals surface area contributed by atoms with Gasteiger partial charge in [-0.1, -0.05) is 24.3 Å². The summed E-state index contributed by atoms with van der Waals surface area (Å²) in [5, 5.41) is 10.8. The molecule has 0 atom stereocenters. The first kappa shape index (κ1) is 16.4. The Kier molecular flexibility index (Phi) is 4.30. The van der Waals surface area contributed by atoms with Crippen LogP contribution in [0.1, 0.15) is 16.7 Å². The normalized spacial score (nSPS) is 15.0. The molecule has 0 spiro atoms. The molecule has 25 heavy (non-hydrogen) atoms. The van der Waals surface area contributed by atoms with E-state index < -0.39 is 10.9 Å². The average molecular weight is 338 g/mol. The van der Waals surface area contributed by atoms with Gasteiger partial charge < -0.3 is 9.47 Å². The number of carbonyl (C=O) groups excluding carboxylic acids is 1. The van der Waals surface area contributed by atoms with E-state index in [1.165, 1.54) is 25.3 Å². The maximum atomic E-state index is 12.1. The molecule has 1 aliphatic heterocycles. The van der Waals surface area contributed by atoms with E-state index in [0.29, 0.717) is 16.9 Å². The number of cyclic esters (lactones) is 1. The molecule has 1 heterocycles. The molecule has 0 bridgehead atoms. The standard InChI is InChI=1S/C18H14N2O5/c1-11-5-3-8-14(16(11)24-2)17-19-15(18(21)25-17)10-12-6-4-7-13(9-12)20(22)23/h3-10H,1-2H3/b15-10-. The molecule has 7 heteroatoms. The van der Waals surface area contributed by atoms with Gasteiger partial charge in [0.25, 0.3) is 5.69 Å².